The molecule has 216 valence electrons. The predicted molar refractivity (Wildman–Crippen MR) is 156 cm³/mol. The summed E-state index contributed by atoms with van der Waals surface area (Å²) in [5.74, 6) is -1.06. The lowest BCUT2D eigenvalue weighted by molar-refractivity contribution is -0.141. The summed E-state index contributed by atoms with van der Waals surface area (Å²) in [6.07, 6.45) is 17.4. The van der Waals surface area contributed by atoms with Gasteiger partial charge in [-0.25, -0.2) is 9.59 Å². The lowest BCUT2D eigenvalue weighted by Gasteiger charge is -2.29. The number of hydrogen-bond donors (Lipinski definition) is 2. The van der Waals surface area contributed by atoms with Crippen LogP contribution in [0.1, 0.15) is 67.7 Å². The molecule has 0 aromatic rings. The van der Waals surface area contributed by atoms with E-state index in [1.54, 1.807) is 13.0 Å². The van der Waals surface area contributed by atoms with Crippen LogP contribution in [-0.2, 0) is 19.1 Å². The van der Waals surface area contributed by atoms with Crippen molar-refractivity contribution in [2.75, 3.05) is 6.61 Å². The fourth-order valence-electron chi connectivity index (χ4n) is 4.77. The van der Waals surface area contributed by atoms with E-state index in [2.05, 4.69) is 19.1 Å². The Hall–Kier alpha value is -3.19. The van der Waals surface area contributed by atoms with Crippen LogP contribution < -0.4 is 5.73 Å². The average Bonchev–Trinajstić information content (AvgIpc) is 2.85. The minimum Gasteiger partial charge on any atom is -0.455 e. The van der Waals surface area contributed by atoms with E-state index in [1.165, 1.54) is 6.08 Å². The normalized spacial score (nSPS) is 21.0. The van der Waals surface area contributed by atoms with Crippen LogP contribution in [0.25, 0.3) is 0 Å². The topological polar surface area (TPSA) is 116 Å². The van der Waals surface area contributed by atoms with Crippen LogP contribution >= 0.6 is 0 Å². The largest absolute Gasteiger partial charge is 0.455 e. The molecule has 1 aliphatic heterocycles. The summed E-state index contributed by atoms with van der Waals surface area (Å²) in [7, 11) is 0. The molecule has 1 rings (SSSR count). The van der Waals surface area contributed by atoms with Gasteiger partial charge in [-0.15, -0.1) is 0 Å². The van der Waals surface area contributed by atoms with Crippen molar-refractivity contribution >= 4 is 17.8 Å². The third-order valence-electron chi connectivity index (χ3n) is 6.70. The Morgan fingerprint density at radius 2 is 1.79 bits per heavy atom. The Kier molecular flexibility index (Phi) is 15.1. The minimum absolute atomic E-state index is 0.0255. The Labute approximate surface area is 234 Å². The number of nitrogens with two attached hydrogens (primary N) is 1. The molecule has 0 fully saturated rings. The van der Waals surface area contributed by atoms with E-state index < -0.39 is 18.1 Å². The highest BCUT2D eigenvalue weighted by Gasteiger charge is 2.33. The number of Topliss-reactive ketones (excluding diaryl/α,β-unsaturated/α-hetero) is 1. The second-order valence-corrected chi connectivity index (χ2v) is 10.7. The molecule has 0 saturated carbocycles. The number of rotatable bonds is 15. The van der Waals surface area contributed by atoms with Gasteiger partial charge >= 0.3 is 12.1 Å². The first-order chi connectivity index (χ1) is 18.3. The lowest BCUT2D eigenvalue weighted by atomic mass is 9.82. The number of ketones is 1. The summed E-state index contributed by atoms with van der Waals surface area (Å²) in [4.78, 5) is 36.1. The van der Waals surface area contributed by atoms with Crippen LogP contribution in [0.15, 0.2) is 71.4 Å². The number of carbonyl (C=O) groups excluding carboxylic acids is 3. The van der Waals surface area contributed by atoms with E-state index in [-0.39, 0.29) is 36.3 Å². The Balaban J connectivity index is 2.73. The van der Waals surface area contributed by atoms with Crippen LogP contribution in [0.4, 0.5) is 4.79 Å². The molecule has 7 heteroatoms. The lowest BCUT2D eigenvalue weighted by Crippen LogP contribution is -2.39. The second kappa shape index (κ2) is 17.4. The van der Waals surface area contributed by atoms with E-state index >= 15 is 0 Å². The average molecular weight is 542 g/mol. The molecular formula is C32H47NO6. The van der Waals surface area contributed by atoms with E-state index in [9.17, 15) is 14.4 Å². The summed E-state index contributed by atoms with van der Waals surface area (Å²) >= 11 is 0. The third kappa shape index (κ3) is 13.4. The van der Waals surface area contributed by atoms with E-state index in [4.69, 9.17) is 20.3 Å². The summed E-state index contributed by atoms with van der Waals surface area (Å²) in [6.45, 7) is 13.5. The van der Waals surface area contributed by atoms with Crippen LogP contribution in [0.3, 0.4) is 0 Å². The van der Waals surface area contributed by atoms with Crippen molar-refractivity contribution in [1.29, 1.82) is 0 Å². The SMILES string of the molecule is CC(=C/[C@H](C)C/C=C/C(C)=C/[C@@H](C)C(=O)[C@@H](C)[C@H](OC(N)=O)[C@@H](C)C/C(C)=C/CO)/C=C/[C@H]1CC=CC(=O)O1. The fraction of sp³-hybridized carbons (Fsp3) is 0.531. The Morgan fingerprint density at radius 1 is 1.13 bits per heavy atom. The first kappa shape index (κ1) is 33.8. The highest BCUT2D eigenvalue weighted by atomic mass is 16.6. The monoisotopic (exact) mass is 541 g/mol. The van der Waals surface area contributed by atoms with Gasteiger partial charge in [-0.05, 0) is 51.5 Å². The number of aliphatic hydroxyl groups excluding tert-OH is 1. The zero-order valence-electron chi connectivity index (χ0n) is 24.6. The molecule has 7 nitrogen and oxygen atoms in total. The molecule has 0 bridgehead atoms. The number of primary amides is 1. The van der Waals surface area contributed by atoms with Crippen molar-refractivity contribution in [1.82, 2.24) is 0 Å². The van der Waals surface area contributed by atoms with E-state index in [0.717, 1.165) is 23.1 Å². The van der Waals surface area contributed by atoms with Crippen molar-refractivity contribution in [3.8, 4) is 0 Å². The molecule has 1 aliphatic rings. The van der Waals surface area contributed by atoms with Gasteiger partial charge in [0.1, 0.15) is 18.0 Å². The summed E-state index contributed by atoms with van der Waals surface area (Å²) in [6, 6.07) is 0. The molecule has 0 aromatic heterocycles. The molecule has 39 heavy (non-hydrogen) atoms. The van der Waals surface area contributed by atoms with E-state index in [1.807, 2.05) is 65.0 Å². The molecule has 0 aliphatic carbocycles. The Bertz CT molecular complexity index is 1020. The van der Waals surface area contributed by atoms with Crippen LogP contribution in [0.2, 0.25) is 0 Å². The van der Waals surface area contributed by atoms with Crippen LogP contribution in [0, 0.1) is 23.7 Å². The smallest absolute Gasteiger partial charge is 0.404 e. The molecule has 6 atom stereocenters. The molecule has 0 unspecified atom stereocenters. The van der Waals surface area contributed by atoms with Crippen LogP contribution in [-0.4, -0.2) is 41.8 Å². The molecule has 3 N–H and O–H groups in total. The molecule has 0 spiro atoms. The first-order valence-corrected chi connectivity index (χ1v) is 13.7. The third-order valence-corrected chi connectivity index (χ3v) is 6.70. The number of hydrogen-bond acceptors (Lipinski definition) is 6. The Morgan fingerprint density at radius 3 is 2.41 bits per heavy atom. The van der Waals surface area contributed by atoms with Crippen LogP contribution in [0.5, 0.6) is 0 Å². The van der Waals surface area contributed by atoms with Gasteiger partial charge in [0.15, 0.2) is 0 Å². The van der Waals surface area contributed by atoms with Gasteiger partial charge in [-0.3, -0.25) is 4.79 Å². The highest BCUT2D eigenvalue weighted by molar-refractivity contribution is 5.85. The van der Waals surface area contributed by atoms with Crippen molar-refractivity contribution in [2.45, 2.75) is 79.9 Å². The number of allylic oxidation sites excluding steroid dienone is 8. The number of carbonyl (C=O) groups is 3. The van der Waals surface area contributed by atoms with Gasteiger partial charge in [0.05, 0.1) is 12.5 Å². The maximum Gasteiger partial charge on any atom is 0.404 e. The van der Waals surface area contributed by atoms with Gasteiger partial charge in [0, 0.05) is 18.4 Å². The van der Waals surface area contributed by atoms with Crippen molar-refractivity contribution in [3.05, 3.63) is 71.4 Å². The van der Waals surface area contributed by atoms with Gasteiger partial charge < -0.3 is 20.3 Å². The molecule has 1 heterocycles. The second-order valence-electron chi connectivity index (χ2n) is 10.7. The minimum atomic E-state index is -0.902. The zero-order chi connectivity index (χ0) is 29.5. The highest BCUT2D eigenvalue weighted by Crippen LogP contribution is 2.26. The summed E-state index contributed by atoms with van der Waals surface area (Å²) in [5.41, 5.74) is 8.34. The molecule has 0 radical (unpaired) electrons. The quantitative estimate of drug-likeness (QED) is 0.146. The van der Waals surface area contributed by atoms with Crippen molar-refractivity contribution in [3.63, 3.8) is 0 Å². The molecular weight excluding hydrogens is 494 g/mol. The molecule has 1 amide bonds. The predicted octanol–water partition coefficient (Wildman–Crippen LogP) is 6.16. The number of ether oxygens (including phenoxy) is 2. The summed E-state index contributed by atoms with van der Waals surface area (Å²) < 4.78 is 10.6. The van der Waals surface area contributed by atoms with Crippen molar-refractivity contribution in [2.24, 2.45) is 29.4 Å². The number of esters is 1. The van der Waals surface area contributed by atoms with Gasteiger partial charge in [-0.1, -0.05) is 86.9 Å². The maximum absolute atomic E-state index is 13.2. The number of amides is 1. The maximum atomic E-state index is 13.2. The molecule has 0 saturated heterocycles. The summed E-state index contributed by atoms with van der Waals surface area (Å²) in [5, 5.41) is 9.12. The molecule has 0 aromatic carbocycles. The standard InChI is InChI=1S/C32H47NO6/c1-21(18-23(3)14-15-28-12-9-13-29(35)38-28)10-8-11-22(2)19-25(5)30(36)27(7)31(39-32(33)37)26(6)20-24(4)16-17-34/h8-9,11,13-16,18-19,21,25-28,31,34H,10,12,17,20H2,1-7H3,(H2,33,37)/b11-8+,15-14+,22-19+,23-18-,24-16+/t21-,25-,26+,27-,28-,31-/m1/s1. The van der Waals surface area contributed by atoms with Gasteiger partial charge in [0.25, 0.3) is 0 Å². The first-order valence-electron chi connectivity index (χ1n) is 13.7. The van der Waals surface area contributed by atoms with E-state index in [0.29, 0.717) is 18.8 Å². The van der Waals surface area contributed by atoms with Gasteiger partial charge in [-0.2, -0.15) is 0 Å². The number of aliphatic hydroxyl groups is 1. The van der Waals surface area contributed by atoms with Crippen molar-refractivity contribution < 1.29 is 29.0 Å². The van der Waals surface area contributed by atoms with Gasteiger partial charge in [0.2, 0.25) is 0 Å². The number of cyclic esters (lactones) is 1. The zero-order valence-corrected chi connectivity index (χ0v) is 24.6. The fourth-order valence-corrected chi connectivity index (χ4v) is 4.77.